The van der Waals surface area contributed by atoms with E-state index in [4.69, 9.17) is 15.2 Å². The van der Waals surface area contributed by atoms with Crippen LogP contribution in [-0.2, 0) is 0 Å². The van der Waals surface area contributed by atoms with Crippen molar-refractivity contribution < 1.29 is 14.3 Å². The Morgan fingerprint density at radius 1 is 1.25 bits per heavy atom. The molecular formula is C19H22N2O3. The van der Waals surface area contributed by atoms with Crippen LogP contribution in [-0.4, -0.2) is 30.5 Å². The van der Waals surface area contributed by atoms with Crippen molar-refractivity contribution >= 4 is 16.7 Å². The van der Waals surface area contributed by atoms with Gasteiger partial charge >= 0.3 is 0 Å². The molecule has 24 heavy (non-hydrogen) atoms. The molecular weight excluding hydrogens is 304 g/mol. The van der Waals surface area contributed by atoms with Crippen molar-refractivity contribution in [3.8, 4) is 11.5 Å². The zero-order valence-corrected chi connectivity index (χ0v) is 13.8. The van der Waals surface area contributed by atoms with Gasteiger partial charge in [0.1, 0.15) is 11.5 Å². The molecule has 2 aliphatic rings. The van der Waals surface area contributed by atoms with Gasteiger partial charge in [0.05, 0.1) is 36.9 Å². The average molecular weight is 326 g/mol. The minimum atomic E-state index is -0.0817. The molecule has 0 radical (unpaired) electrons. The zero-order chi connectivity index (χ0) is 16.7. The summed E-state index contributed by atoms with van der Waals surface area (Å²) in [4.78, 5) is 17.6. The Bertz CT molecular complexity index is 776. The van der Waals surface area contributed by atoms with Crippen molar-refractivity contribution in [3.63, 3.8) is 0 Å². The number of carbonyl (C=O) groups excluding carboxylic acids is 1. The van der Waals surface area contributed by atoms with Crippen molar-refractivity contribution in [1.82, 2.24) is 4.98 Å². The molecule has 1 aliphatic carbocycles. The predicted molar refractivity (Wildman–Crippen MR) is 91.5 cm³/mol. The zero-order valence-electron chi connectivity index (χ0n) is 13.8. The summed E-state index contributed by atoms with van der Waals surface area (Å²) in [7, 11) is 1.62. The predicted octanol–water partition coefficient (Wildman–Crippen LogP) is 2.95. The Labute approximate surface area is 141 Å². The molecule has 2 N–H and O–H groups in total. The number of carbonyl (C=O) groups is 1. The Kier molecular flexibility index (Phi) is 3.88. The fourth-order valence-electron chi connectivity index (χ4n) is 3.98. The topological polar surface area (TPSA) is 74.4 Å². The number of Topliss-reactive ketones (excluding diaryl/α,β-unsaturated/α-hetero) is 1. The van der Waals surface area contributed by atoms with E-state index in [2.05, 4.69) is 4.98 Å². The van der Waals surface area contributed by atoms with Gasteiger partial charge < -0.3 is 15.2 Å². The molecule has 2 aromatic rings. The van der Waals surface area contributed by atoms with Crippen LogP contribution in [0.15, 0.2) is 24.4 Å². The lowest BCUT2D eigenvalue weighted by Gasteiger charge is -2.34. The van der Waals surface area contributed by atoms with Crippen LogP contribution < -0.4 is 15.2 Å². The summed E-state index contributed by atoms with van der Waals surface area (Å²) < 4.78 is 11.2. The highest BCUT2D eigenvalue weighted by molar-refractivity contribution is 6.11. The van der Waals surface area contributed by atoms with E-state index >= 15 is 0 Å². The average Bonchev–Trinajstić information content (AvgIpc) is 2.62. The van der Waals surface area contributed by atoms with E-state index in [0.29, 0.717) is 23.8 Å². The first-order valence-corrected chi connectivity index (χ1v) is 8.56. The lowest BCUT2D eigenvalue weighted by Crippen LogP contribution is -2.38. The van der Waals surface area contributed by atoms with Gasteiger partial charge in [0.15, 0.2) is 5.78 Å². The Hall–Kier alpha value is -2.14. The second-order valence-corrected chi connectivity index (χ2v) is 6.84. The molecule has 5 nitrogen and oxygen atoms in total. The van der Waals surface area contributed by atoms with E-state index in [9.17, 15) is 4.79 Å². The van der Waals surface area contributed by atoms with Crippen molar-refractivity contribution in [2.75, 3.05) is 13.7 Å². The highest BCUT2D eigenvalue weighted by Gasteiger charge is 2.37. The number of nitrogens with zero attached hydrogens (tertiary/aromatic N) is 1. The number of nitrogens with two attached hydrogens (primary N) is 1. The van der Waals surface area contributed by atoms with Crippen molar-refractivity contribution in [1.29, 1.82) is 0 Å². The lowest BCUT2D eigenvalue weighted by molar-refractivity contribution is 0.0705. The molecule has 1 aliphatic heterocycles. The highest BCUT2D eigenvalue weighted by atomic mass is 16.5. The molecule has 0 bridgehead atoms. The van der Waals surface area contributed by atoms with E-state index < -0.39 is 0 Å². The number of pyridine rings is 1. The number of methoxy groups -OCH3 is 1. The molecule has 1 aromatic carbocycles. The summed E-state index contributed by atoms with van der Waals surface area (Å²) in [5.74, 6) is 1.76. The third-order valence-corrected chi connectivity index (χ3v) is 5.43. The summed E-state index contributed by atoms with van der Waals surface area (Å²) in [6, 6.07) is 5.89. The maximum absolute atomic E-state index is 13.2. The minimum Gasteiger partial charge on any atom is -0.497 e. The Balaban J connectivity index is 1.74. The van der Waals surface area contributed by atoms with Crippen LogP contribution in [0.2, 0.25) is 0 Å². The summed E-state index contributed by atoms with van der Waals surface area (Å²) in [6.07, 6.45) is 5.65. The Morgan fingerprint density at radius 2 is 2.04 bits per heavy atom. The van der Waals surface area contributed by atoms with Crippen molar-refractivity contribution in [2.24, 2.45) is 17.6 Å². The SMILES string of the molecule is COc1ccc2ncc3c(c2c1)C(=O)C([C@H]1CC[C@H](N)CC1)CO3. The van der Waals surface area contributed by atoms with Crippen LogP contribution in [0.3, 0.4) is 0 Å². The van der Waals surface area contributed by atoms with Gasteiger partial charge in [-0.1, -0.05) is 0 Å². The summed E-state index contributed by atoms with van der Waals surface area (Å²) in [6.45, 7) is 0.447. The summed E-state index contributed by atoms with van der Waals surface area (Å²) >= 11 is 0. The molecule has 1 aromatic heterocycles. The number of hydrogen-bond donors (Lipinski definition) is 1. The summed E-state index contributed by atoms with van der Waals surface area (Å²) in [5.41, 5.74) is 7.45. The quantitative estimate of drug-likeness (QED) is 0.918. The first kappa shape index (κ1) is 15.4. The van der Waals surface area contributed by atoms with E-state index in [-0.39, 0.29) is 17.7 Å². The Morgan fingerprint density at radius 3 is 2.79 bits per heavy atom. The molecule has 1 atom stereocenters. The third kappa shape index (κ3) is 2.53. The monoisotopic (exact) mass is 326 g/mol. The number of fused-ring (bicyclic) bond motifs is 3. The summed E-state index contributed by atoms with van der Waals surface area (Å²) in [5, 5.41) is 0.814. The molecule has 0 saturated heterocycles. The maximum atomic E-state index is 13.2. The smallest absolute Gasteiger partial charge is 0.174 e. The second kappa shape index (κ2) is 6.06. The molecule has 126 valence electrons. The van der Waals surface area contributed by atoms with Gasteiger partial charge in [-0.3, -0.25) is 9.78 Å². The van der Waals surface area contributed by atoms with Gasteiger partial charge in [0.2, 0.25) is 0 Å². The fourth-order valence-corrected chi connectivity index (χ4v) is 3.98. The van der Waals surface area contributed by atoms with Crippen LogP contribution in [0.5, 0.6) is 11.5 Å². The normalized spacial score (nSPS) is 26.8. The largest absolute Gasteiger partial charge is 0.497 e. The van der Waals surface area contributed by atoms with Crippen LogP contribution >= 0.6 is 0 Å². The molecule has 4 rings (SSSR count). The first-order valence-electron chi connectivity index (χ1n) is 8.56. The number of benzene rings is 1. The van der Waals surface area contributed by atoms with Crippen LogP contribution in [0.25, 0.3) is 10.9 Å². The van der Waals surface area contributed by atoms with Gasteiger partial charge in [0.25, 0.3) is 0 Å². The number of hydrogen-bond acceptors (Lipinski definition) is 5. The van der Waals surface area contributed by atoms with E-state index in [1.807, 2.05) is 18.2 Å². The van der Waals surface area contributed by atoms with E-state index in [1.165, 1.54) is 0 Å². The van der Waals surface area contributed by atoms with Gasteiger partial charge in [-0.05, 0) is 49.8 Å². The molecule has 1 fully saturated rings. The third-order valence-electron chi connectivity index (χ3n) is 5.43. The minimum absolute atomic E-state index is 0.0817. The molecule has 5 heteroatoms. The van der Waals surface area contributed by atoms with Gasteiger partial charge in [0, 0.05) is 11.4 Å². The molecule has 2 heterocycles. The molecule has 1 saturated carbocycles. The molecule has 0 amide bonds. The molecule has 0 spiro atoms. The van der Waals surface area contributed by atoms with Crippen LogP contribution in [0, 0.1) is 11.8 Å². The molecule has 1 unspecified atom stereocenters. The van der Waals surface area contributed by atoms with E-state index in [1.54, 1.807) is 13.3 Å². The fraction of sp³-hybridized carbons (Fsp3) is 0.474. The first-order chi connectivity index (χ1) is 11.7. The van der Waals surface area contributed by atoms with Gasteiger partial charge in [-0.2, -0.15) is 0 Å². The van der Waals surface area contributed by atoms with Gasteiger partial charge in [-0.15, -0.1) is 0 Å². The highest BCUT2D eigenvalue weighted by Crippen LogP contribution is 2.39. The van der Waals surface area contributed by atoms with Crippen molar-refractivity contribution in [2.45, 2.75) is 31.7 Å². The number of aromatic nitrogens is 1. The number of ether oxygens (including phenoxy) is 2. The standard InChI is InChI=1S/C19H22N2O3/c1-23-13-6-7-16-14(8-13)18-17(9-21-16)24-10-15(19(18)22)11-2-4-12(20)5-3-11/h6-9,11-12,15H,2-5,10,20H2,1H3/t11-,12-,15?. The van der Waals surface area contributed by atoms with Gasteiger partial charge in [-0.25, -0.2) is 0 Å². The van der Waals surface area contributed by atoms with Crippen LogP contribution in [0.4, 0.5) is 0 Å². The van der Waals surface area contributed by atoms with Crippen molar-refractivity contribution in [3.05, 3.63) is 30.0 Å². The van der Waals surface area contributed by atoms with Crippen LogP contribution in [0.1, 0.15) is 36.0 Å². The van der Waals surface area contributed by atoms with E-state index in [0.717, 1.165) is 42.3 Å². The number of rotatable bonds is 2. The number of ketones is 1. The maximum Gasteiger partial charge on any atom is 0.174 e. The second-order valence-electron chi connectivity index (χ2n) is 6.84. The lowest BCUT2D eigenvalue weighted by atomic mass is 9.75.